The maximum atomic E-state index is 13.1. The first-order chi connectivity index (χ1) is 13.7. The molecule has 1 atom stereocenters. The number of rotatable bonds is 6. The number of H-pyrrole nitrogens is 1. The average molecular weight is 381 g/mol. The zero-order valence-corrected chi connectivity index (χ0v) is 16.5. The van der Waals surface area contributed by atoms with Crippen molar-refractivity contribution < 1.29 is 9.53 Å². The van der Waals surface area contributed by atoms with E-state index in [-0.39, 0.29) is 11.8 Å². The molecule has 0 radical (unpaired) electrons. The molecule has 1 N–H and O–H groups in total. The van der Waals surface area contributed by atoms with Crippen molar-refractivity contribution in [2.75, 3.05) is 19.7 Å². The highest BCUT2D eigenvalue weighted by atomic mass is 16.5. The summed E-state index contributed by atoms with van der Waals surface area (Å²) < 4.78 is 7.72. The Labute approximate surface area is 164 Å². The molecule has 1 aromatic carbocycles. The Balaban J connectivity index is 1.49. The van der Waals surface area contributed by atoms with Crippen LogP contribution in [0.4, 0.5) is 0 Å². The topological polar surface area (TPSA) is 76.0 Å². The van der Waals surface area contributed by atoms with E-state index in [2.05, 4.69) is 22.1 Å². The van der Waals surface area contributed by atoms with Gasteiger partial charge in [-0.25, -0.2) is 0 Å². The maximum Gasteiger partial charge on any atom is 0.270 e. The fourth-order valence-electron chi connectivity index (χ4n) is 3.85. The van der Waals surface area contributed by atoms with Crippen molar-refractivity contribution in [2.45, 2.75) is 38.5 Å². The van der Waals surface area contributed by atoms with Crippen molar-refractivity contribution in [3.8, 4) is 5.75 Å². The van der Waals surface area contributed by atoms with Crippen LogP contribution in [-0.2, 0) is 7.05 Å². The lowest BCUT2D eigenvalue weighted by Crippen LogP contribution is -2.39. The molecular formula is C21H27N5O2. The summed E-state index contributed by atoms with van der Waals surface area (Å²) in [5.74, 6) is 2.05. The van der Waals surface area contributed by atoms with Gasteiger partial charge < -0.3 is 19.2 Å². The standard InChI is InChI=1S/C21H27N5O2/c1-3-4-10-28-17-8-7-15-11-19(23-18(15)12-17)21(27)26-9-5-6-16(13-26)20-24-22-14-25(20)2/h7-8,11-12,14,16,23H,3-6,9-10,13H2,1-2H3/t16-/m1/s1. The van der Waals surface area contributed by atoms with Crippen LogP contribution in [0.15, 0.2) is 30.6 Å². The van der Waals surface area contributed by atoms with Crippen molar-refractivity contribution in [3.05, 3.63) is 42.1 Å². The van der Waals surface area contributed by atoms with Gasteiger partial charge in [-0.15, -0.1) is 10.2 Å². The smallest absolute Gasteiger partial charge is 0.270 e. The van der Waals surface area contributed by atoms with Gasteiger partial charge in [0.25, 0.3) is 5.91 Å². The zero-order valence-electron chi connectivity index (χ0n) is 16.5. The summed E-state index contributed by atoms with van der Waals surface area (Å²) in [6, 6.07) is 7.87. The van der Waals surface area contributed by atoms with Crippen molar-refractivity contribution in [1.29, 1.82) is 0 Å². The summed E-state index contributed by atoms with van der Waals surface area (Å²) in [5, 5.41) is 9.24. The molecule has 148 valence electrons. The number of hydrogen-bond acceptors (Lipinski definition) is 4. The monoisotopic (exact) mass is 381 g/mol. The van der Waals surface area contributed by atoms with Gasteiger partial charge in [0.15, 0.2) is 0 Å². The van der Waals surface area contributed by atoms with Crippen molar-refractivity contribution >= 4 is 16.8 Å². The number of ether oxygens (including phenoxy) is 1. The van der Waals surface area contributed by atoms with Crippen molar-refractivity contribution in [2.24, 2.45) is 7.05 Å². The highest BCUT2D eigenvalue weighted by Crippen LogP contribution is 2.27. The Morgan fingerprint density at radius 1 is 1.36 bits per heavy atom. The van der Waals surface area contributed by atoms with Gasteiger partial charge in [0.05, 0.1) is 6.61 Å². The zero-order chi connectivity index (χ0) is 19.5. The van der Waals surface area contributed by atoms with E-state index in [9.17, 15) is 4.79 Å². The number of carbonyl (C=O) groups is 1. The molecule has 0 bridgehead atoms. The summed E-state index contributed by atoms with van der Waals surface area (Å²) in [6.45, 7) is 4.30. The van der Waals surface area contributed by atoms with Crippen molar-refractivity contribution in [1.82, 2.24) is 24.6 Å². The second-order valence-corrected chi connectivity index (χ2v) is 7.52. The summed E-state index contributed by atoms with van der Waals surface area (Å²) >= 11 is 0. The van der Waals surface area contributed by atoms with Gasteiger partial charge >= 0.3 is 0 Å². The molecule has 3 heterocycles. The number of aryl methyl sites for hydroxylation is 1. The Kier molecular flexibility index (Phi) is 5.32. The fourth-order valence-corrected chi connectivity index (χ4v) is 3.85. The lowest BCUT2D eigenvalue weighted by Gasteiger charge is -2.31. The highest BCUT2D eigenvalue weighted by Gasteiger charge is 2.28. The van der Waals surface area contributed by atoms with Crippen LogP contribution in [0.25, 0.3) is 10.9 Å². The second kappa shape index (κ2) is 8.04. The van der Waals surface area contributed by atoms with E-state index in [1.807, 2.05) is 40.8 Å². The third-order valence-corrected chi connectivity index (χ3v) is 5.41. The number of carbonyl (C=O) groups excluding carboxylic acids is 1. The van der Waals surface area contributed by atoms with Crippen LogP contribution in [0.5, 0.6) is 5.75 Å². The summed E-state index contributed by atoms with van der Waals surface area (Å²) in [7, 11) is 1.95. The summed E-state index contributed by atoms with van der Waals surface area (Å²) in [5.41, 5.74) is 1.55. The van der Waals surface area contributed by atoms with Gasteiger partial charge in [0.2, 0.25) is 0 Å². The number of aromatic nitrogens is 4. The molecule has 0 unspecified atom stereocenters. The molecule has 1 aliphatic rings. The minimum Gasteiger partial charge on any atom is -0.494 e. The van der Waals surface area contributed by atoms with E-state index in [1.165, 1.54) is 0 Å². The number of piperidine rings is 1. The lowest BCUT2D eigenvalue weighted by atomic mass is 9.97. The summed E-state index contributed by atoms with van der Waals surface area (Å²) in [6.07, 6.45) is 5.86. The quantitative estimate of drug-likeness (QED) is 0.663. The molecule has 0 aliphatic carbocycles. The Morgan fingerprint density at radius 2 is 2.25 bits per heavy atom. The van der Waals surface area contributed by atoms with Gasteiger partial charge in [-0.3, -0.25) is 4.79 Å². The average Bonchev–Trinajstić information content (AvgIpc) is 3.33. The molecule has 1 saturated heterocycles. The van der Waals surface area contributed by atoms with Crippen LogP contribution < -0.4 is 4.74 Å². The number of benzene rings is 1. The number of aromatic amines is 1. The first kappa shape index (κ1) is 18.5. The minimum atomic E-state index is 0.0384. The molecule has 0 saturated carbocycles. The normalized spacial score (nSPS) is 17.2. The van der Waals surface area contributed by atoms with Gasteiger partial charge in [-0.1, -0.05) is 13.3 Å². The second-order valence-electron chi connectivity index (χ2n) is 7.52. The SMILES string of the molecule is CCCCOc1ccc2cc(C(=O)N3CCC[C@@H](c4nncn4C)C3)[nH]c2c1. The van der Waals surface area contributed by atoms with Crippen LogP contribution in [0.2, 0.25) is 0 Å². The molecule has 1 aliphatic heterocycles. The highest BCUT2D eigenvalue weighted by molar-refractivity contribution is 5.98. The molecule has 0 spiro atoms. The first-order valence-electron chi connectivity index (χ1n) is 10.0. The van der Waals surface area contributed by atoms with Crippen LogP contribution >= 0.6 is 0 Å². The molecule has 2 aromatic heterocycles. The van der Waals surface area contributed by atoms with Crippen LogP contribution in [0.1, 0.15) is 54.8 Å². The van der Waals surface area contributed by atoms with Gasteiger partial charge in [0, 0.05) is 43.0 Å². The predicted octanol–water partition coefficient (Wildman–Crippen LogP) is 3.50. The van der Waals surface area contributed by atoms with E-state index in [4.69, 9.17) is 4.74 Å². The number of nitrogens with zero attached hydrogens (tertiary/aromatic N) is 4. The molecule has 28 heavy (non-hydrogen) atoms. The maximum absolute atomic E-state index is 13.1. The van der Waals surface area contributed by atoms with Crippen molar-refractivity contribution in [3.63, 3.8) is 0 Å². The molecule has 4 rings (SSSR count). The van der Waals surface area contributed by atoms with E-state index in [0.717, 1.165) is 54.7 Å². The van der Waals surface area contributed by atoms with E-state index >= 15 is 0 Å². The van der Waals surface area contributed by atoms with E-state index in [1.54, 1.807) is 6.33 Å². The number of amides is 1. The number of fused-ring (bicyclic) bond motifs is 1. The Hall–Kier alpha value is -2.83. The number of hydrogen-bond donors (Lipinski definition) is 1. The van der Waals surface area contributed by atoms with E-state index < -0.39 is 0 Å². The predicted molar refractivity (Wildman–Crippen MR) is 108 cm³/mol. The molecule has 7 heteroatoms. The molecular weight excluding hydrogens is 354 g/mol. The number of unbranched alkanes of at least 4 members (excludes halogenated alkanes) is 1. The van der Waals surface area contributed by atoms with Gasteiger partial charge in [-0.05, 0) is 37.5 Å². The number of likely N-dealkylation sites (tertiary alicyclic amines) is 1. The molecule has 7 nitrogen and oxygen atoms in total. The van der Waals surface area contributed by atoms with Crippen LogP contribution in [-0.4, -0.2) is 50.3 Å². The first-order valence-corrected chi connectivity index (χ1v) is 10.0. The molecule has 1 amide bonds. The number of nitrogens with one attached hydrogen (secondary N) is 1. The third-order valence-electron chi connectivity index (χ3n) is 5.41. The third kappa shape index (κ3) is 3.74. The minimum absolute atomic E-state index is 0.0384. The van der Waals surface area contributed by atoms with Crippen LogP contribution in [0, 0.1) is 0 Å². The fraction of sp³-hybridized carbons (Fsp3) is 0.476. The van der Waals surface area contributed by atoms with Gasteiger partial charge in [-0.2, -0.15) is 0 Å². The molecule has 1 fully saturated rings. The van der Waals surface area contributed by atoms with Crippen LogP contribution in [0.3, 0.4) is 0 Å². The molecule has 3 aromatic rings. The Bertz CT molecular complexity index is 961. The van der Waals surface area contributed by atoms with Gasteiger partial charge in [0.1, 0.15) is 23.6 Å². The Morgan fingerprint density at radius 3 is 3.04 bits per heavy atom. The summed E-state index contributed by atoms with van der Waals surface area (Å²) in [4.78, 5) is 18.3. The lowest BCUT2D eigenvalue weighted by molar-refractivity contribution is 0.0698. The van der Waals surface area contributed by atoms with E-state index in [0.29, 0.717) is 18.8 Å². The largest absolute Gasteiger partial charge is 0.494 e.